The van der Waals surface area contributed by atoms with Gasteiger partial charge in [-0.15, -0.1) is 0 Å². The molecule has 1 saturated heterocycles. The van der Waals surface area contributed by atoms with Crippen LogP contribution in [0.5, 0.6) is 0 Å². The van der Waals surface area contributed by atoms with Crippen molar-refractivity contribution >= 4 is 23.0 Å². The Labute approximate surface area is 134 Å². The Kier molecular flexibility index (Phi) is 4.87. The molecule has 2 unspecified atom stereocenters. The van der Waals surface area contributed by atoms with E-state index in [2.05, 4.69) is 4.99 Å². The van der Waals surface area contributed by atoms with E-state index in [0.29, 0.717) is 17.7 Å². The van der Waals surface area contributed by atoms with Gasteiger partial charge in [0.25, 0.3) is 0 Å². The number of hydrogen-bond donors (Lipinski definition) is 1. The first-order chi connectivity index (χ1) is 10.7. The predicted octanol–water partition coefficient (Wildman–Crippen LogP) is 2.47. The van der Waals surface area contributed by atoms with Crippen molar-refractivity contribution in [3.8, 4) is 0 Å². The number of piperidine rings is 1. The fourth-order valence-electron chi connectivity index (χ4n) is 2.95. The number of carbonyl (C=O) groups excluding carboxylic acids is 1. The highest BCUT2D eigenvalue weighted by Crippen LogP contribution is 2.28. The number of aliphatic imine (C=N–C) groups is 1. The summed E-state index contributed by atoms with van der Waals surface area (Å²) in [4.78, 5) is 18.5. The fraction of sp³-hybridized carbons (Fsp3) is 0.500. The van der Waals surface area contributed by atoms with Gasteiger partial charge in [-0.3, -0.25) is 4.99 Å². The maximum absolute atomic E-state index is 12.2. The Morgan fingerprint density at radius 1 is 1.41 bits per heavy atom. The first-order valence-corrected chi connectivity index (χ1v) is 8.62. The van der Waals surface area contributed by atoms with Crippen LogP contribution in [0.25, 0.3) is 0 Å². The van der Waals surface area contributed by atoms with Gasteiger partial charge < -0.3 is 15.4 Å². The second-order valence-electron chi connectivity index (χ2n) is 5.73. The molecule has 2 aliphatic heterocycles. The van der Waals surface area contributed by atoms with Gasteiger partial charge in [0.2, 0.25) is 0 Å². The molecule has 1 aromatic carbocycles. The second-order valence-corrected chi connectivity index (χ2v) is 6.77. The summed E-state index contributed by atoms with van der Waals surface area (Å²) in [6.45, 7) is 1.81. The summed E-state index contributed by atoms with van der Waals surface area (Å²) in [6.07, 6.45) is 1.88. The summed E-state index contributed by atoms with van der Waals surface area (Å²) < 4.78 is 5.42. The van der Waals surface area contributed by atoms with Crippen molar-refractivity contribution in [2.45, 2.75) is 25.5 Å². The minimum Gasteiger partial charge on any atom is -0.445 e. The van der Waals surface area contributed by atoms with E-state index in [4.69, 9.17) is 10.5 Å². The normalized spacial score (nSPS) is 24.9. The molecule has 22 heavy (non-hydrogen) atoms. The van der Waals surface area contributed by atoms with Gasteiger partial charge in [-0.05, 0) is 24.3 Å². The average Bonchev–Trinajstić information content (AvgIpc) is 3.00. The van der Waals surface area contributed by atoms with Gasteiger partial charge in [0.05, 0.1) is 6.04 Å². The van der Waals surface area contributed by atoms with E-state index in [0.717, 1.165) is 37.2 Å². The van der Waals surface area contributed by atoms with Crippen LogP contribution in [0.4, 0.5) is 4.79 Å². The number of likely N-dealkylation sites (tertiary alicyclic amines) is 1. The van der Waals surface area contributed by atoms with Crippen LogP contribution in [0.3, 0.4) is 0 Å². The fourth-order valence-corrected chi connectivity index (χ4v) is 3.85. The van der Waals surface area contributed by atoms with E-state index in [9.17, 15) is 4.79 Å². The molecule has 0 spiro atoms. The lowest BCUT2D eigenvalue weighted by Crippen LogP contribution is -2.43. The molecule has 2 aliphatic rings. The lowest BCUT2D eigenvalue weighted by molar-refractivity contribution is 0.0769. The zero-order valence-corrected chi connectivity index (χ0v) is 13.3. The number of amides is 1. The van der Waals surface area contributed by atoms with Gasteiger partial charge in [-0.2, -0.15) is 0 Å². The number of nitrogens with two attached hydrogens (primary N) is 1. The second kappa shape index (κ2) is 7.05. The highest BCUT2D eigenvalue weighted by atomic mass is 32.2. The Balaban J connectivity index is 1.52. The number of amidine groups is 1. The molecule has 0 saturated carbocycles. The van der Waals surface area contributed by atoms with Crippen molar-refractivity contribution in [3.05, 3.63) is 35.9 Å². The van der Waals surface area contributed by atoms with E-state index in [1.54, 1.807) is 11.8 Å². The quantitative estimate of drug-likeness (QED) is 0.929. The summed E-state index contributed by atoms with van der Waals surface area (Å²) in [5.41, 5.74) is 6.75. The molecule has 0 bridgehead atoms. The van der Waals surface area contributed by atoms with Gasteiger partial charge >= 0.3 is 6.09 Å². The molecule has 1 aromatic rings. The number of hydrogen-bond acceptors (Lipinski definition) is 5. The van der Waals surface area contributed by atoms with Gasteiger partial charge in [-0.1, -0.05) is 42.1 Å². The maximum Gasteiger partial charge on any atom is 0.410 e. The summed E-state index contributed by atoms with van der Waals surface area (Å²) in [5.74, 6) is 1.33. The van der Waals surface area contributed by atoms with Crippen LogP contribution in [-0.4, -0.2) is 41.0 Å². The first-order valence-electron chi connectivity index (χ1n) is 7.64. The molecule has 0 aromatic heterocycles. The molecule has 0 aliphatic carbocycles. The van der Waals surface area contributed by atoms with Crippen LogP contribution >= 0.6 is 11.8 Å². The van der Waals surface area contributed by atoms with E-state index in [1.807, 2.05) is 35.2 Å². The number of rotatable bonds is 3. The summed E-state index contributed by atoms with van der Waals surface area (Å²) >= 11 is 1.61. The molecule has 5 nitrogen and oxygen atoms in total. The largest absolute Gasteiger partial charge is 0.445 e. The Morgan fingerprint density at radius 3 is 2.95 bits per heavy atom. The predicted molar refractivity (Wildman–Crippen MR) is 88.8 cm³/mol. The molecular weight excluding hydrogens is 298 g/mol. The third-order valence-electron chi connectivity index (χ3n) is 4.16. The highest BCUT2D eigenvalue weighted by molar-refractivity contribution is 8.14. The van der Waals surface area contributed by atoms with Gasteiger partial charge in [0.1, 0.15) is 6.61 Å². The Bertz CT molecular complexity index is 550. The maximum atomic E-state index is 12.2. The third kappa shape index (κ3) is 3.74. The lowest BCUT2D eigenvalue weighted by atomic mass is 9.92. The highest BCUT2D eigenvalue weighted by Gasteiger charge is 2.32. The van der Waals surface area contributed by atoms with Crippen molar-refractivity contribution in [3.63, 3.8) is 0 Å². The number of benzene rings is 1. The zero-order valence-electron chi connectivity index (χ0n) is 12.5. The number of ether oxygens (including phenoxy) is 1. The Hall–Kier alpha value is -1.69. The minimum absolute atomic E-state index is 0.226. The smallest absolute Gasteiger partial charge is 0.410 e. The molecule has 6 heteroatoms. The van der Waals surface area contributed by atoms with Crippen molar-refractivity contribution in [2.24, 2.45) is 16.6 Å². The molecule has 1 fully saturated rings. The molecule has 2 atom stereocenters. The van der Waals surface area contributed by atoms with Crippen molar-refractivity contribution in [1.29, 1.82) is 0 Å². The minimum atomic E-state index is -0.226. The number of thioether (sulfide) groups is 1. The van der Waals surface area contributed by atoms with Gasteiger partial charge in [-0.25, -0.2) is 4.79 Å². The third-order valence-corrected chi connectivity index (χ3v) is 5.07. The van der Waals surface area contributed by atoms with Gasteiger partial charge in [0.15, 0.2) is 5.17 Å². The van der Waals surface area contributed by atoms with Crippen LogP contribution in [-0.2, 0) is 11.3 Å². The SMILES string of the molecule is NC1=NC(C2CCCN(C(=O)OCc3ccccc3)C2)CS1. The van der Waals surface area contributed by atoms with E-state index in [-0.39, 0.29) is 12.1 Å². The lowest BCUT2D eigenvalue weighted by Gasteiger charge is -2.33. The molecule has 2 N–H and O–H groups in total. The van der Waals surface area contributed by atoms with E-state index < -0.39 is 0 Å². The monoisotopic (exact) mass is 319 g/mol. The molecule has 118 valence electrons. The standard InChI is InChI=1S/C16H21N3O2S/c17-15-18-14(11-22-15)13-7-4-8-19(9-13)16(20)21-10-12-5-2-1-3-6-12/h1-3,5-6,13-14H,4,7-11H2,(H2,17,18). The summed E-state index contributed by atoms with van der Waals surface area (Å²) in [7, 11) is 0. The van der Waals surface area contributed by atoms with Crippen molar-refractivity contribution in [1.82, 2.24) is 4.90 Å². The summed E-state index contributed by atoms with van der Waals surface area (Å²) in [5, 5.41) is 0.675. The van der Waals surface area contributed by atoms with Crippen molar-refractivity contribution < 1.29 is 9.53 Å². The molecule has 1 amide bonds. The molecule has 3 rings (SSSR count). The van der Waals surface area contributed by atoms with Crippen LogP contribution < -0.4 is 5.73 Å². The molecule has 2 heterocycles. The number of nitrogens with zero attached hydrogens (tertiary/aromatic N) is 2. The van der Waals surface area contributed by atoms with Crippen LogP contribution in [0.1, 0.15) is 18.4 Å². The zero-order chi connectivity index (χ0) is 15.4. The van der Waals surface area contributed by atoms with Crippen molar-refractivity contribution in [2.75, 3.05) is 18.8 Å². The molecular formula is C16H21N3O2S. The van der Waals surface area contributed by atoms with E-state index in [1.165, 1.54) is 0 Å². The van der Waals surface area contributed by atoms with Crippen LogP contribution in [0, 0.1) is 5.92 Å². The molecule has 0 radical (unpaired) electrons. The van der Waals surface area contributed by atoms with E-state index >= 15 is 0 Å². The Morgan fingerprint density at radius 2 is 2.23 bits per heavy atom. The average molecular weight is 319 g/mol. The first kappa shape index (κ1) is 15.2. The van der Waals surface area contributed by atoms with Crippen LogP contribution in [0.15, 0.2) is 35.3 Å². The van der Waals surface area contributed by atoms with Gasteiger partial charge in [0, 0.05) is 18.8 Å². The number of carbonyl (C=O) groups is 1. The van der Waals surface area contributed by atoms with Crippen LogP contribution in [0.2, 0.25) is 0 Å². The topological polar surface area (TPSA) is 67.9 Å². The summed E-state index contributed by atoms with van der Waals surface area (Å²) in [6, 6.07) is 10.0.